The number of rotatable bonds is 8. The number of hydrogen-bond donors (Lipinski definition) is 1. The molecule has 18 heavy (non-hydrogen) atoms. The fourth-order valence-electron chi connectivity index (χ4n) is 3.35. The second-order valence-corrected chi connectivity index (χ2v) is 5.89. The highest BCUT2D eigenvalue weighted by Gasteiger charge is 2.31. The van der Waals surface area contributed by atoms with E-state index >= 15 is 0 Å². The fourth-order valence-corrected chi connectivity index (χ4v) is 3.35. The molecule has 1 rings (SSSR count). The van der Waals surface area contributed by atoms with Gasteiger partial charge < -0.3 is 10.1 Å². The molecule has 0 amide bonds. The Morgan fingerprint density at radius 2 is 1.78 bits per heavy atom. The highest BCUT2D eigenvalue weighted by Crippen LogP contribution is 2.32. The topological polar surface area (TPSA) is 21.3 Å². The van der Waals surface area contributed by atoms with Gasteiger partial charge in [-0.05, 0) is 44.6 Å². The van der Waals surface area contributed by atoms with Crippen LogP contribution in [0.2, 0.25) is 0 Å². The summed E-state index contributed by atoms with van der Waals surface area (Å²) >= 11 is 0. The van der Waals surface area contributed by atoms with E-state index in [9.17, 15) is 0 Å². The summed E-state index contributed by atoms with van der Waals surface area (Å²) in [5.74, 6) is 1.75. The molecule has 0 aliphatic heterocycles. The highest BCUT2D eigenvalue weighted by molar-refractivity contribution is 4.86. The van der Waals surface area contributed by atoms with Gasteiger partial charge in [-0.15, -0.1) is 0 Å². The summed E-state index contributed by atoms with van der Waals surface area (Å²) < 4.78 is 6.01. The first kappa shape index (κ1) is 16.0. The first-order valence-electron chi connectivity index (χ1n) is 8.07. The summed E-state index contributed by atoms with van der Waals surface area (Å²) in [6, 6.07) is 0.572. The fraction of sp³-hybridized carbons (Fsp3) is 1.00. The van der Waals surface area contributed by atoms with Crippen LogP contribution in [0.1, 0.15) is 66.2 Å². The largest absolute Gasteiger partial charge is 0.377 e. The minimum absolute atomic E-state index is 0.415. The van der Waals surface area contributed by atoms with Crippen molar-refractivity contribution in [2.24, 2.45) is 11.8 Å². The van der Waals surface area contributed by atoms with E-state index in [2.05, 4.69) is 33.0 Å². The standard InChI is InChI=1S/C16H33NO/c1-5-8-15(18-7-3)16(17-6-2)14-11-9-13(4)10-12-14/h13-17H,5-12H2,1-4H3. The number of hydrogen-bond acceptors (Lipinski definition) is 2. The molecule has 1 aliphatic rings. The Hall–Kier alpha value is -0.0800. The van der Waals surface area contributed by atoms with Crippen molar-refractivity contribution >= 4 is 0 Å². The van der Waals surface area contributed by atoms with E-state index in [-0.39, 0.29) is 0 Å². The first-order chi connectivity index (χ1) is 8.72. The molecule has 0 radical (unpaired) electrons. The average molecular weight is 255 g/mol. The first-order valence-corrected chi connectivity index (χ1v) is 8.07. The van der Waals surface area contributed by atoms with E-state index in [1.54, 1.807) is 0 Å². The van der Waals surface area contributed by atoms with Gasteiger partial charge in [-0.2, -0.15) is 0 Å². The Labute approximate surface area is 114 Å². The van der Waals surface area contributed by atoms with Crippen molar-refractivity contribution in [2.45, 2.75) is 78.4 Å². The lowest BCUT2D eigenvalue weighted by Gasteiger charge is -2.37. The Balaban J connectivity index is 2.59. The molecular weight excluding hydrogens is 222 g/mol. The van der Waals surface area contributed by atoms with Gasteiger partial charge in [0.25, 0.3) is 0 Å². The van der Waals surface area contributed by atoms with Gasteiger partial charge in [0.2, 0.25) is 0 Å². The molecule has 2 heteroatoms. The summed E-state index contributed by atoms with van der Waals surface area (Å²) in [5, 5.41) is 3.71. The molecule has 0 spiro atoms. The predicted molar refractivity (Wildman–Crippen MR) is 78.9 cm³/mol. The molecule has 1 aliphatic carbocycles. The van der Waals surface area contributed by atoms with E-state index in [0.29, 0.717) is 12.1 Å². The zero-order valence-electron chi connectivity index (χ0n) is 12.9. The van der Waals surface area contributed by atoms with E-state index in [4.69, 9.17) is 4.74 Å². The molecule has 108 valence electrons. The lowest BCUT2D eigenvalue weighted by atomic mass is 9.77. The van der Waals surface area contributed by atoms with E-state index in [0.717, 1.165) is 25.0 Å². The molecule has 0 aromatic carbocycles. The van der Waals surface area contributed by atoms with Crippen LogP contribution >= 0.6 is 0 Å². The summed E-state index contributed by atoms with van der Waals surface area (Å²) in [5.41, 5.74) is 0. The normalized spacial score (nSPS) is 28.0. The smallest absolute Gasteiger partial charge is 0.0730 e. The molecule has 0 aromatic rings. The minimum Gasteiger partial charge on any atom is -0.377 e. The van der Waals surface area contributed by atoms with Crippen LogP contribution in [0.5, 0.6) is 0 Å². The Kier molecular flexibility index (Phi) is 7.92. The van der Waals surface area contributed by atoms with Gasteiger partial charge >= 0.3 is 0 Å². The zero-order chi connectivity index (χ0) is 13.4. The molecule has 1 saturated carbocycles. The summed E-state index contributed by atoms with van der Waals surface area (Å²) in [4.78, 5) is 0. The van der Waals surface area contributed by atoms with Gasteiger partial charge in [0.05, 0.1) is 6.10 Å². The van der Waals surface area contributed by atoms with Crippen molar-refractivity contribution in [2.75, 3.05) is 13.2 Å². The second kappa shape index (κ2) is 8.92. The number of ether oxygens (including phenoxy) is 1. The van der Waals surface area contributed by atoms with Crippen molar-refractivity contribution in [3.8, 4) is 0 Å². The number of likely N-dealkylation sites (N-methyl/N-ethyl adjacent to an activating group) is 1. The lowest BCUT2D eigenvalue weighted by Crippen LogP contribution is -2.47. The maximum Gasteiger partial charge on any atom is 0.0730 e. The lowest BCUT2D eigenvalue weighted by molar-refractivity contribution is 0.00431. The van der Waals surface area contributed by atoms with Crippen molar-refractivity contribution < 1.29 is 4.74 Å². The molecule has 1 fully saturated rings. The van der Waals surface area contributed by atoms with Crippen LogP contribution in [0, 0.1) is 11.8 Å². The Morgan fingerprint density at radius 1 is 1.11 bits per heavy atom. The average Bonchev–Trinajstić information content (AvgIpc) is 2.37. The van der Waals surface area contributed by atoms with Gasteiger partial charge in [-0.3, -0.25) is 0 Å². The molecule has 0 bridgehead atoms. The third-order valence-corrected chi connectivity index (χ3v) is 4.36. The summed E-state index contributed by atoms with van der Waals surface area (Å²) in [6.45, 7) is 10.9. The van der Waals surface area contributed by atoms with Gasteiger partial charge in [-0.25, -0.2) is 0 Å². The minimum atomic E-state index is 0.415. The van der Waals surface area contributed by atoms with Crippen molar-refractivity contribution in [3.05, 3.63) is 0 Å². The van der Waals surface area contributed by atoms with Crippen LogP contribution in [0.3, 0.4) is 0 Å². The van der Waals surface area contributed by atoms with Crippen LogP contribution in [0.15, 0.2) is 0 Å². The van der Waals surface area contributed by atoms with Crippen LogP contribution < -0.4 is 5.32 Å². The van der Waals surface area contributed by atoms with E-state index < -0.39 is 0 Å². The zero-order valence-corrected chi connectivity index (χ0v) is 12.9. The van der Waals surface area contributed by atoms with E-state index in [1.807, 2.05) is 0 Å². The van der Waals surface area contributed by atoms with Crippen molar-refractivity contribution in [1.29, 1.82) is 0 Å². The van der Waals surface area contributed by atoms with Crippen molar-refractivity contribution in [1.82, 2.24) is 5.32 Å². The highest BCUT2D eigenvalue weighted by atomic mass is 16.5. The predicted octanol–water partition coefficient (Wildman–Crippen LogP) is 4.00. The Bertz CT molecular complexity index is 193. The second-order valence-electron chi connectivity index (χ2n) is 5.89. The quantitative estimate of drug-likeness (QED) is 0.708. The molecule has 0 heterocycles. The molecule has 2 atom stereocenters. The van der Waals surface area contributed by atoms with Crippen LogP contribution in [0.25, 0.3) is 0 Å². The van der Waals surface area contributed by atoms with Crippen LogP contribution in [-0.4, -0.2) is 25.3 Å². The maximum atomic E-state index is 6.01. The van der Waals surface area contributed by atoms with Gasteiger partial charge in [0, 0.05) is 12.6 Å². The van der Waals surface area contributed by atoms with Gasteiger partial charge in [0.15, 0.2) is 0 Å². The van der Waals surface area contributed by atoms with Gasteiger partial charge in [0.1, 0.15) is 0 Å². The van der Waals surface area contributed by atoms with Crippen molar-refractivity contribution in [3.63, 3.8) is 0 Å². The van der Waals surface area contributed by atoms with Gasteiger partial charge in [-0.1, -0.05) is 40.0 Å². The van der Waals surface area contributed by atoms with Crippen LogP contribution in [0.4, 0.5) is 0 Å². The molecule has 0 aromatic heterocycles. The monoisotopic (exact) mass is 255 g/mol. The maximum absolute atomic E-state index is 6.01. The van der Waals surface area contributed by atoms with Crippen LogP contribution in [-0.2, 0) is 4.74 Å². The molecule has 0 saturated heterocycles. The summed E-state index contributed by atoms with van der Waals surface area (Å²) in [6.07, 6.45) is 8.39. The van der Waals surface area contributed by atoms with E-state index in [1.165, 1.54) is 38.5 Å². The molecule has 1 N–H and O–H groups in total. The SMILES string of the molecule is CCCC(OCC)C(NCC)C1CCC(C)CC1. The molecule has 2 unspecified atom stereocenters. The Morgan fingerprint density at radius 3 is 2.28 bits per heavy atom. The molecule has 2 nitrogen and oxygen atoms in total. The summed E-state index contributed by atoms with van der Waals surface area (Å²) in [7, 11) is 0. The third kappa shape index (κ3) is 4.89. The third-order valence-electron chi connectivity index (χ3n) is 4.36. The number of nitrogens with one attached hydrogen (secondary N) is 1. The molecular formula is C16H33NO.